The molecule has 25 heavy (non-hydrogen) atoms. The molecule has 0 saturated carbocycles. The molecule has 0 aliphatic rings. The Balaban J connectivity index is 2.16. The van der Waals surface area contributed by atoms with E-state index in [-0.39, 0.29) is 12.1 Å². The van der Waals surface area contributed by atoms with Gasteiger partial charge in [-0.05, 0) is 67.8 Å². The molecule has 1 heterocycles. The molecule has 0 radical (unpaired) electrons. The predicted octanol–water partition coefficient (Wildman–Crippen LogP) is 4.59. The number of hydrogen-bond acceptors (Lipinski definition) is 4. The lowest BCUT2D eigenvalue weighted by Crippen LogP contribution is -2.23. The van der Waals surface area contributed by atoms with Crippen molar-refractivity contribution in [2.24, 2.45) is 0 Å². The summed E-state index contributed by atoms with van der Waals surface area (Å²) in [5.74, 6) is 0.760. The zero-order valence-corrected chi connectivity index (χ0v) is 16.3. The number of amides is 1. The summed E-state index contributed by atoms with van der Waals surface area (Å²) in [6, 6.07) is 8.91. The quantitative estimate of drug-likeness (QED) is 0.368. The van der Waals surface area contributed by atoms with Crippen LogP contribution >= 0.6 is 31.9 Å². The fourth-order valence-corrected chi connectivity index (χ4v) is 3.38. The molecule has 128 valence electrons. The van der Waals surface area contributed by atoms with Gasteiger partial charge in [0.05, 0.1) is 21.8 Å². The molecule has 0 saturated heterocycles. The van der Waals surface area contributed by atoms with Crippen LogP contribution in [0.1, 0.15) is 11.3 Å². The largest absolute Gasteiger partial charge is 0.487 e. The summed E-state index contributed by atoms with van der Waals surface area (Å²) in [6.45, 7) is 4.19. The van der Waals surface area contributed by atoms with Crippen LogP contribution in [0, 0.1) is 11.3 Å². The summed E-state index contributed by atoms with van der Waals surface area (Å²) in [5.41, 5.74) is 0.666. The van der Waals surface area contributed by atoms with Gasteiger partial charge in [0.15, 0.2) is 0 Å². The SMILES string of the molecule is C=CCOc1c(Br)cc(/C=C(\C#N)C(=O)NCc2ccco2)cc1Br. The van der Waals surface area contributed by atoms with E-state index in [4.69, 9.17) is 9.15 Å². The van der Waals surface area contributed by atoms with Crippen LogP contribution in [-0.4, -0.2) is 12.5 Å². The third-order valence-electron chi connectivity index (χ3n) is 3.05. The molecule has 5 nitrogen and oxygen atoms in total. The van der Waals surface area contributed by atoms with Crippen molar-refractivity contribution < 1.29 is 13.9 Å². The van der Waals surface area contributed by atoms with Crippen LogP contribution in [0.4, 0.5) is 0 Å². The Morgan fingerprint density at radius 2 is 2.12 bits per heavy atom. The number of carbonyl (C=O) groups excluding carboxylic acids is 1. The molecule has 0 spiro atoms. The average molecular weight is 466 g/mol. The number of halogens is 2. The minimum atomic E-state index is -0.474. The molecule has 0 aliphatic heterocycles. The fourth-order valence-electron chi connectivity index (χ4n) is 1.93. The van der Waals surface area contributed by atoms with Crippen LogP contribution in [-0.2, 0) is 11.3 Å². The monoisotopic (exact) mass is 464 g/mol. The first-order valence-electron chi connectivity index (χ1n) is 7.20. The minimum absolute atomic E-state index is 0.00915. The maximum absolute atomic E-state index is 12.1. The van der Waals surface area contributed by atoms with E-state index in [0.29, 0.717) is 32.6 Å². The van der Waals surface area contributed by atoms with Gasteiger partial charge in [-0.2, -0.15) is 5.26 Å². The smallest absolute Gasteiger partial charge is 0.262 e. The van der Waals surface area contributed by atoms with Crippen molar-refractivity contribution in [2.75, 3.05) is 6.61 Å². The maximum Gasteiger partial charge on any atom is 0.262 e. The van der Waals surface area contributed by atoms with Gasteiger partial charge >= 0.3 is 0 Å². The van der Waals surface area contributed by atoms with Crippen molar-refractivity contribution >= 4 is 43.8 Å². The second kappa shape index (κ2) is 9.25. The zero-order valence-electron chi connectivity index (χ0n) is 13.1. The average Bonchev–Trinajstić information content (AvgIpc) is 3.10. The van der Waals surface area contributed by atoms with Gasteiger partial charge in [0, 0.05) is 0 Å². The summed E-state index contributed by atoms with van der Waals surface area (Å²) in [4.78, 5) is 12.1. The van der Waals surface area contributed by atoms with Gasteiger partial charge in [-0.1, -0.05) is 12.7 Å². The molecule has 2 aromatic rings. The highest BCUT2D eigenvalue weighted by atomic mass is 79.9. The second-order valence-corrected chi connectivity index (χ2v) is 6.55. The van der Waals surface area contributed by atoms with Gasteiger partial charge in [-0.3, -0.25) is 4.79 Å². The molecule has 1 aromatic heterocycles. The number of nitrogens with one attached hydrogen (secondary N) is 1. The number of nitrogens with zero attached hydrogens (tertiary/aromatic N) is 1. The van der Waals surface area contributed by atoms with Crippen LogP contribution in [0.25, 0.3) is 6.08 Å². The number of carbonyl (C=O) groups is 1. The molecule has 0 aliphatic carbocycles. The van der Waals surface area contributed by atoms with E-state index >= 15 is 0 Å². The summed E-state index contributed by atoms with van der Waals surface area (Å²) in [5, 5.41) is 11.9. The lowest BCUT2D eigenvalue weighted by molar-refractivity contribution is -0.117. The van der Waals surface area contributed by atoms with E-state index in [1.54, 1.807) is 30.3 Å². The standard InChI is InChI=1S/C18H14Br2N2O3/c1-2-5-25-17-15(19)8-12(9-16(17)20)7-13(10-21)18(23)22-11-14-4-3-6-24-14/h2-4,6-9H,1,5,11H2,(H,22,23)/b13-7+. The van der Waals surface area contributed by atoms with Crippen molar-refractivity contribution in [1.82, 2.24) is 5.32 Å². The highest BCUT2D eigenvalue weighted by Gasteiger charge is 2.12. The van der Waals surface area contributed by atoms with Crippen LogP contribution < -0.4 is 10.1 Å². The van der Waals surface area contributed by atoms with Gasteiger partial charge in [0.2, 0.25) is 0 Å². The van der Waals surface area contributed by atoms with Gasteiger partial charge in [-0.25, -0.2) is 0 Å². The molecule has 1 amide bonds. The molecule has 0 fully saturated rings. The van der Waals surface area contributed by atoms with Crippen molar-refractivity contribution in [3.8, 4) is 11.8 Å². The Labute approximate surface area is 162 Å². The first kappa shape index (κ1) is 19.0. The maximum atomic E-state index is 12.1. The summed E-state index contributed by atoms with van der Waals surface area (Å²) >= 11 is 6.84. The van der Waals surface area contributed by atoms with Gasteiger partial charge in [-0.15, -0.1) is 0 Å². The normalized spacial score (nSPS) is 10.8. The Morgan fingerprint density at radius 3 is 2.68 bits per heavy atom. The van der Waals surface area contributed by atoms with Crippen LogP contribution in [0.15, 0.2) is 62.1 Å². The molecule has 0 bridgehead atoms. The number of nitriles is 1. The Bertz CT molecular complexity index is 813. The number of rotatable bonds is 7. The Morgan fingerprint density at radius 1 is 1.40 bits per heavy atom. The fraction of sp³-hybridized carbons (Fsp3) is 0.111. The molecule has 2 rings (SSSR count). The summed E-state index contributed by atoms with van der Waals surface area (Å²) < 4.78 is 12.1. The number of furan rings is 1. The van der Waals surface area contributed by atoms with Crippen LogP contribution in [0.5, 0.6) is 5.75 Å². The second-order valence-electron chi connectivity index (χ2n) is 4.85. The molecule has 0 atom stereocenters. The Hall–Kier alpha value is -2.30. The van der Waals surface area contributed by atoms with E-state index in [0.717, 1.165) is 0 Å². The molecular weight excluding hydrogens is 452 g/mol. The highest BCUT2D eigenvalue weighted by Crippen LogP contribution is 2.35. The molecule has 7 heteroatoms. The molecular formula is C18H14Br2N2O3. The van der Waals surface area contributed by atoms with Crippen LogP contribution in [0.3, 0.4) is 0 Å². The van der Waals surface area contributed by atoms with Gasteiger partial charge in [0.1, 0.15) is 29.8 Å². The van der Waals surface area contributed by atoms with Crippen molar-refractivity contribution in [2.45, 2.75) is 6.54 Å². The topological polar surface area (TPSA) is 75.3 Å². The number of ether oxygens (including phenoxy) is 1. The summed E-state index contributed by atoms with van der Waals surface area (Å²) in [7, 11) is 0. The van der Waals surface area contributed by atoms with E-state index < -0.39 is 5.91 Å². The van der Waals surface area contributed by atoms with Gasteiger partial charge in [0.25, 0.3) is 5.91 Å². The van der Waals surface area contributed by atoms with E-state index in [1.165, 1.54) is 12.3 Å². The van der Waals surface area contributed by atoms with E-state index in [9.17, 15) is 10.1 Å². The van der Waals surface area contributed by atoms with E-state index in [2.05, 4.69) is 43.8 Å². The lowest BCUT2D eigenvalue weighted by Gasteiger charge is -2.10. The molecule has 1 N–H and O–H groups in total. The predicted molar refractivity (Wildman–Crippen MR) is 102 cm³/mol. The van der Waals surface area contributed by atoms with E-state index in [1.807, 2.05) is 6.07 Å². The van der Waals surface area contributed by atoms with Crippen molar-refractivity contribution in [3.63, 3.8) is 0 Å². The minimum Gasteiger partial charge on any atom is -0.487 e. The number of hydrogen-bond donors (Lipinski definition) is 1. The molecule has 1 aromatic carbocycles. The third-order valence-corrected chi connectivity index (χ3v) is 4.22. The molecule has 0 unspecified atom stereocenters. The zero-order chi connectivity index (χ0) is 18.2. The third kappa shape index (κ3) is 5.34. The first-order valence-corrected chi connectivity index (χ1v) is 8.79. The summed E-state index contributed by atoms with van der Waals surface area (Å²) in [6.07, 6.45) is 4.67. The lowest BCUT2D eigenvalue weighted by atomic mass is 10.1. The number of benzene rings is 1. The first-order chi connectivity index (χ1) is 12.0. The van der Waals surface area contributed by atoms with Gasteiger partial charge < -0.3 is 14.5 Å². The van der Waals surface area contributed by atoms with Crippen molar-refractivity contribution in [1.29, 1.82) is 5.26 Å². The highest BCUT2D eigenvalue weighted by molar-refractivity contribution is 9.11. The Kier molecular flexibility index (Phi) is 7.04. The van der Waals surface area contributed by atoms with Crippen molar-refractivity contribution in [3.05, 3.63) is 69.0 Å². The van der Waals surface area contributed by atoms with Crippen LogP contribution in [0.2, 0.25) is 0 Å².